The molecule has 2 aliphatic heterocycles. The Hall–Kier alpha value is -3.63. The van der Waals surface area contributed by atoms with E-state index in [9.17, 15) is 24.3 Å². The Bertz CT molecular complexity index is 1350. The number of nitrogens with two attached hydrogens (primary N) is 1. The van der Waals surface area contributed by atoms with Crippen molar-refractivity contribution in [1.29, 1.82) is 5.41 Å². The summed E-state index contributed by atoms with van der Waals surface area (Å²) in [4.78, 5) is 51.9. The minimum absolute atomic E-state index is 0.0906. The molecule has 1 aromatic carbocycles. The zero-order chi connectivity index (χ0) is 27.6. The van der Waals surface area contributed by atoms with E-state index in [1.54, 1.807) is 18.2 Å². The lowest BCUT2D eigenvalue weighted by Gasteiger charge is -2.49. The maximum absolute atomic E-state index is 13.3. The first kappa shape index (κ1) is 27.4. The summed E-state index contributed by atoms with van der Waals surface area (Å²) < 4.78 is 0.704. The van der Waals surface area contributed by atoms with Gasteiger partial charge in [0.2, 0.25) is 5.91 Å². The number of aliphatic carboxylic acids is 1. The predicted octanol–water partition coefficient (Wildman–Crippen LogP) is 0.920. The van der Waals surface area contributed by atoms with Crippen LogP contribution in [0.2, 0.25) is 0 Å². The van der Waals surface area contributed by atoms with E-state index >= 15 is 0 Å². The number of rotatable bonds is 8. The summed E-state index contributed by atoms with van der Waals surface area (Å²) in [5, 5.41) is 32.5. The second-order valence-electron chi connectivity index (χ2n) is 8.39. The SMILES string of the molecule is Cc1cccc(C(NC(=O)NC(=N)N)C(=O)NC2C(=O)N3C(C(=O)O)=C(CSc4nnc(C)s4)CS[C@@H]23)c1. The van der Waals surface area contributed by atoms with Crippen molar-refractivity contribution < 1.29 is 24.3 Å². The normalized spacial score (nSPS) is 19.2. The van der Waals surface area contributed by atoms with Gasteiger partial charge in [-0.3, -0.25) is 25.2 Å². The number of hydrogen-bond acceptors (Lipinski definition) is 10. The van der Waals surface area contributed by atoms with E-state index in [-0.39, 0.29) is 5.70 Å². The minimum atomic E-state index is -1.22. The topological polar surface area (TPSA) is 203 Å². The quantitative estimate of drug-likeness (QED) is 0.113. The number of guanidine groups is 1. The van der Waals surface area contributed by atoms with Crippen molar-refractivity contribution in [3.05, 3.63) is 51.7 Å². The number of nitrogens with one attached hydrogen (secondary N) is 4. The molecule has 7 N–H and O–H groups in total. The fraction of sp³-hybridized carbons (Fsp3) is 0.318. The van der Waals surface area contributed by atoms with Gasteiger partial charge in [-0.05, 0) is 25.0 Å². The number of aryl methyl sites for hydroxylation is 2. The highest BCUT2D eigenvalue weighted by atomic mass is 32.2. The van der Waals surface area contributed by atoms with Crippen molar-refractivity contribution in [3.63, 3.8) is 0 Å². The number of carbonyl (C=O) groups is 4. The molecule has 13 nitrogen and oxygen atoms in total. The number of aromatic nitrogens is 2. The van der Waals surface area contributed by atoms with E-state index in [1.165, 1.54) is 39.8 Å². The Balaban J connectivity index is 1.50. The number of amides is 4. The van der Waals surface area contributed by atoms with Gasteiger partial charge in [-0.1, -0.05) is 52.9 Å². The van der Waals surface area contributed by atoms with Crippen molar-refractivity contribution in [3.8, 4) is 0 Å². The first-order valence-electron chi connectivity index (χ1n) is 11.2. The van der Waals surface area contributed by atoms with Crippen LogP contribution in [0.3, 0.4) is 0 Å². The standard InChI is InChI=1S/C22H24N8O5S3/c1-9-4-3-5-11(6-9)13(26-21(35)27-20(23)24)16(31)25-14-17(32)30-15(19(33)34)12(7-36-18(14)30)8-37-22-29-28-10(2)38-22/h3-6,13-14,18H,7-8H2,1-2H3,(H,25,31)(H,33,34)(H5,23,24,26,27,35)/t13?,14?,18-/m0/s1. The number of urea groups is 1. The van der Waals surface area contributed by atoms with E-state index < -0.39 is 47.2 Å². The van der Waals surface area contributed by atoms with Gasteiger partial charge in [-0.25, -0.2) is 9.59 Å². The van der Waals surface area contributed by atoms with Crippen LogP contribution in [-0.4, -0.2) is 72.9 Å². The minimum Gasteiger partial charge on any atom is -0.477 e. The monoisotopic (exact) mass is 576 g/mol. The van der Waals surface area contributed by atoms with E-state index in [0.29, 0.717) is 27.0 Å². The average Bonchev–Trinajstić information content (AvgIpc) is 3.28. The molecule has 1 saturated heterocycles. The Morgan fingerprint density at radius 2 is 2.08 bits per heavy atom. The highest BCUT2D eigenvalue weighted by Gasteiger charge is 2.54. The van der Waals surface area contributed by atoms with Crippen LogP contribution < -0.4 is 21.7 Å². The number of benzene rings is 1. The maximum atomic E-state index is 13.3. The highest BCUT2D eigenvalue weighted by Crippen LogP contribution is 2.42. The lowest BCUT2D eigenvalue weighted by molar-refractivity contribution is -0.150. The molecule has 4 amide bonds. The zero-order valence-electron chi connectivity index (χ0n) is 20.2. The molecular weight excluding hydrogens is 552 g/mol. The van der Waals surface area contributed by atoms with Crippen molar-refractivity contribution in [2.24, 2.45) is 5.73 Å². The van der Waals surface area contributed by atoms with Crippen LogP contribution in [0.15, 0.2) is 39.9 Å². The summed E-state index contributed by atoms with van der Waals surface area (Å²) in [6.07, 6.45) is 0. The lowest BCUT2D eigenvalue weighted by atomic mass is 10.0. The second-order valence-corrected chi connectivity index (χ2v) is 11.9. The second kappa shape index (κ2) is 11.4. The fourth-order valence-corrected chi connectivity index (χ4v) is 7.26. The van der Waals surface area contributed by atoms with Gasteiger partial charge >= 0.3 is 12.0 Å². The van der Waals surface area contributed by atoms with Crippen molar-refractivity contribution >= 4 is 64.6 Å². The van der Waals surface area contributed by atoms with E-state index in [1.807, 2.05) is 19.9 Å². The summed E-state index contributed by atoms with van der Waals surface area (Å²) in [5.74, 6) is -2.36. The van der Waals surface area contributed by atoms with Crippen LogP contribution in [0.25, 0.3) is 0 Å². The van der Waals surface area contributed by atoms with Crippen molar-refractivity contribution in [2.45, 2.75) is 35.6 Å². The number of carboxylic acid groups (broad SMARTS) is 1. The average molecular weight is 577 g/mol. The molecule has 38 heavy (non-hydrogen) atoms. The summed E-state index contributed by atoms with van der Waals surface area (Å²) in [7, 11) is 0. The van der Waals surface area contributed by atoms with Gasteiger partial charge in [0, 0.05) is 11.5 Å². The van der Waals surface area contributed by atoms with Crippen molar-refractivity contribution in [1.82, 2.24) is 31.0 Å². The summed E-state index contributed by atoms with van der Waals surface area (Å²) in [5.41, 5.74) is 7.00. The van der Waals surface area contributed by atoms with Crippen LogP contribution in [0.4, 0.5) is 4.79 Å². The molecule has 3 atom stereocenters. The van der Waals surface area contributed by atoms with E-state index in [0.717, 1.165) is 10.6 Å². The third-order valence-electron chi connectivity index (χ3n) is 5.59. The number of carbonyl (C=O) groups excluding carboxylic acids is 3. The smallest absolute Gasteiger partial charge is 0.352 e. The molecule has 0 spiro atoms. The number of thioether (sulfide) groups is 2. The molecular formula is C22H24N8O5S3. The molecule has 2 aliphatic rings. The number of fused-ring (bicyclic) bond motifs is 1. The third-order valence-corrected chi connectivity index (χ3v) is 8.98. The predicted molar refractivity (Wildman–Crippen MR) is 143 cm³/mol. The molecule has 0 saturated carbocycles. The van der Waals surface area contributed by atoms with Gasteiger partial charge < -0.3 is 21.5 Å². The number of β-lactam (4-membered cyclic amide) rings is 1. The number of carboxylic acids is 1. The summed E-state index contributed by atoms with van der Waals surface area (Å²) >= 11 is 4.10. The Labute approximate surface area is 229 Å². The summed E-state index contributed by atoms with van der Waals surface area (Å²) in [6.45, 7) is 3.65. The number of hydrogen-bond donors (Lipinski definition) is 6. The molecule has 1 aromatic heterocycles. The van der Waals surface area contributed by atoms with Gasteiger partial charge in [0.05, 0.1) is 0 Å². The number of nitrogens with zero attached hydrogens (tertiary/aromatic N) is 3. The van der Waals surface area contributed by atoms with Gasteiger partial charge in [0.25, 0.3) is 5.91 Å². The third kappa shape index (κ3) is 5.92. The molecule has 0 aliphatic carbocycles. The van der Waals surface area contributed by atoms with E-state index in [2.05, 4.69) is 26.1 Å². The molecule has 2 unspecified atom stereocenters. The van der Waals surface area contributed by atoms with Gasteiger partial charge in [-0.15, -0.1) is 22.0 Å². The van der Waals surface area contributed by atoms with Crippen LogP contribution >= 0.6 is 34.9 Å². The Kier molecular flexibility index (Phi) is 8.23. The first-order chi connectivity index (χ1) is 18.0. The lowest BCUT2D eigenvalue weighted by Crippen LogP contribution is -2.71. The Morgan fingerprint density at radius 1 is 1.32 bits per heavy atom. The summed E-state index contributed by atoms with van der Waals surface area (Å²) in [6, 6.07) is 3.85. The molecule has 1 fully saturated rings. The van der Waals surface area contributed by atoms with Crippen molar-refractivity contribution in [2.75, 3.05) is 11.5 Å². The Morgan fingerprint density at radius 3 is 2.71 bits per heavy atom. The van der Waals surface area contributed by atoms with Gasteiger partial charge in [0.1, 0.15) is 28.2 Å². The molecule has 200 valence electrons. The van der Waals surface area contributed by atoms with Crippen LogP contribution in [-0.2, 0) is 14.4 Å². The fourth-order valence-electron chi connectivity index (χ4n) is 3.96. The van der Waals surface area contributed by atoms with Crippen LogP contribution in [0, 0.1) is 19.3 Å². The zero-order valence-corrected chi connectivity index (χ0v) is 22.6. The maximum Gasteiger partial charge on any atom is 0.352 e. The molecule has 16 heteroatoms. The molecule has 3 heterocycles. The molecule has 4 rings (SSSR count). The van der Waals surface area contributed by atoms with Crippen LogP contribution in [0.1, 0.15) is 22.2 Å². The first-order valence-corrected chi connectivity index (χ1v) is 14.0. The molecule has 2 aromatic rings. The molecule has 0 bridgehead atoms. The van der Waals surface area contributed by atoms with E-state index in [4.69, 9.17) is 11.1 Å². The van der Waals surface area contributed by atoms with Crippen LogP contribution in [0.5, 0.6) is 0 Å². The molecule has 0 radical (unpaired) electrons. The largest absolute Gasteiger partial charge is 0.477 e. The highest BCUT2D eigenvalue weighted by molar-refractivity contribution is 8.01. The van der Waals surface area contributed by atoms with Gasteiger partial charge in [0.15, 0.2) is 10.3 Å². The van der Waals surface area contributed by atoms with Gasteiger partial charge in [-0.2, -0.15) is 0 Å².